The van der Waals surface area contributed by atoms with E-state index in [-0.39, 0.29) is 12.5 Å². The third-order valence-corrected chi connectivity index (χ3v) is 3.43. The standard InChI is InChI=1S/C17H16N2O5/c1-11(24-17(21)13-4-2-3-7-18-13)16(20)19-9-12-5-6-14-15(8-12)23-10-22-14/h2-8,11H,9-10H2,1H3,(H,19,20)/t11-/m1/s1. The van der Waals surface area contributed by atoms with Gasteiger partial charge in [0, 0.05) is 12.7 Å². The Kier molecular flexibility index (Phi) is 4.60. The van der Waals surface area contributed by atoms with Crippen molar-refractivity contribution in [3.8, 4) is 11.5 Å². The first-order valence-electron chi connectivity index (χ1n) is 7.42. The monoisotopic (exact) mass is 328 g/mol. The number of benzene rings is 1. The number of carbonyl (C=O) groups is 2. The number of rotatable bonds is 5. The van der Waals surface area contributed by atoms with Crippen molar-refractivity contribution in [3.05, 3.63) is 53.9 Å². The van der Waals surface area contributed by atoms with Gasteiger partial charge < -0.3 is 19.5 Å². The van der Waals surface area contributed by atoms with Crippen LogP contribution in [0.15, 0.2) is 42.6 Å². The van der Waals surface area contributed by atoms with E-state index in [0.29, 0.717) is 18.0 Å². The maximum atomic E-state index is 12.1. The predicted molar refractivity (Wildman–Crippen MR) is 83.5 cm³/mol. The SMILES string of the molecule is C[C@@H](OC(=O)c1ccccn1)C(=O)NCc1ccc2c(c1)OCO2. The van der Waals surface area contributed by atoms with Gasteiger partial charge in [0.2, 0.25) is 6.79 Å². The molecule has 0 radical (unpaired) electrons. The van der Waals surface area contributed by atoms with Crippen LogP contribution in [0.25, 0.3) is 0 Å². The number of esters is 1. The minimum absolute atomic E-state index is 0.160. The summed E-state index contributed by atoms with van der Waals surface area (Å²) in [5.74, 6) is 0.303. The van der Waals surface area contributed by atoms with E-state index >= 15 is 0 Å². The van der Waals surface area contributed by atoms with Gasteiger partial charge in [0.1, 0.15) is 5.69 Å². The van der Waals surface area contributed by atoms with Crippen molar-refractivity contribution in [2.45, 2.75) is 19.6 Å². The van der Waals surface area contributed by atoms with E-state index in [1.54, 1.807) is 24.3 Å². The Bertz CT molecular complexity index is 748. The third kappa shape index (κ3) is 3.62. The lowest BCUT2D eigenvalue weighted by molar-refractivity contribution is -0.129. The molecule has 0 fully saturated rings. The van der Waals surface area contributed by atoms with Crippen molar-refractivity contribution in [3.63, 3.8) is 0 Å². The van der Waals surface area contributed by atoms with Crippen LogP contribution in [0.3, 0.4) is 0 Å². The van der Waals surface area contributed by atoms with Crippen molar-refractivity contribution < 1.29 is 23.8 Å². The molecule has 0 aliphatic carbocycles. The fourth-order valence-corrected chi connectivity index (χ4v) is 2.14. The summed E-state index contributed by atoms with van der Waals surface area (Å²) in [7, 11) is 0. The number of ether oxygens (including phenoxy) is 3. The van der Waals surface area contributed by atoms with E-state index in [9.17, 15) is 9.59 Å². The molecular formula is C17H16N2O5. The molecule has 24 heavy (non-hydrogen) atoms. The van der Waals surface area contributed by atoms with Gasteiger partial charge in [0.15, 0.2) is 17.6 Å². The molecule has 0 spiro atoms. The van der Waals surface area contributed by atoms with Crippen LogP contribution in [-0.4, -0.2) is 29.8 Å². The van der Waals surface area contributed by atoms with Gasteiger partial charge in [0.05, 0.1) is 0 Å². The van der Waals surface area contributed by atoms with E-state index in [1.165, 1.54) is 19.2 Å². The normalized spacial score (nSPS) is 13.2. The molecule has 0 bridgehead atoms. The van der Waals surface area contributed by atoms with E-state index in [4.69, 9.17) is 14.2 Å². The molecule has 1 aromatic heterocycles. The van der Waals surface area contributed by atoms with Crippen LogP contribution < -0.4 is 14.8 Å². The topological polar surface area (TPSA) is 86.8 Å². The molecule has 124 valence electrons. The lowest BCUT2D eigenvalue weighted by Crippen LogP contribution is -2.35. The molecule has 1 N–H and O–H groups in total. The maximum absolute atomic E-state index is 12.1. The first-order valence-corrected chi connectivity index (χ1v) is 7.42. The van der Waals surface area contributed by atoms with Gasteiger partial charge in [-0.1, -0.05) is 12.1 Å². The second kappa shape index (κ2) is 6.99. The zero-order valence-corrected chi connectivity index (χ0v) is 13.0. The van der Waals surface area contributed by atoms with Crippen LogP contribution >= 0.6 is 0 Å². The number of nitrogens with zero attached hydrogens (tertiary/aromatic N) is 1. The molecule has 2 aromatic rings. The fourth-order valence-electron chi connectivity index (χ4n) is 2.14. The summed E-state index contributed by atoms with van der Waals surface area (Å²) in [6, 6.07) is 10.3. The molecule has 1 aliphatic heterocycles. The minimum Gasteiger partial charge on any atom is -0.454 e. The fraction of sp³-hybridized carbons (Fsp3) is 0.235. The Balaban J connectivity index is 1.52. The number of pyridine rings is 1. The summed E-state index contributed by atoms with van der Waals surface area (Å²) < 4.78 is 15.6. The minimum atomic E-state index is -0.923. The number of fused-ring (bicyclic) bond motifs is 1. The molecule has 7 nitrogen and oxygen atoms in total. The molecule has 3 rings (SSSR count). The van der Waals surface area contributed by atoms with Gasteiger partial charge >= 0.3 is 5.97 Å². The molecule has 0 unspecified atom stereocenters. The average Bonchev–Trinajstić information content (AvgIpc) is 3.08. The van der Waals surface area contributed by atoms with Gasteiger partial charge in [-0.2, -0.15) is 0 Å². The van der Waals surface area contributed by atoms with E-state index in [0.717, 1.165) is 5.56 Å². The zero-order chi connectivity index (χ0) is 16.9. The molecule has 7 heteroatoms. The predicted octanol–water partition coefficient (Wildman–Crippen LogP) is 1.67. The highest BCUT2D eigenvalue weighted by Gasteiger charge is 2.20. The second-order valence-corrected chi connectivity index (χ2v) is 5.17. The number of amides is 1. The highest BCUT2D eigenvalue weighted by atomic mass is 16.7. The lowest BCUT2D eigenvalue weighted by Gasteiger charge is -2.13. The van der Waals surface area contributed by atoms with E-state index in [2.05, 4.69) is 10.3 Å². The van der Waals surface area contributed by atoms with Gasteiger partial charge in [-0.15, -0.1) is 0 Å². The third-order valence-electron chi connectivity index (χ3n) is 3.43. The van der Waals surface area contributed by atoms with Crippen molar-refractivity contribution in [2.24, 2.45) is 0 Å². The van der Waals surface area contributed by atoms with Crippen LogP contribution in [0.4, 0.5) is 0 Å². The maximum Gasteiger partial charge on any atom is 0.357 e. The van der Waals surface area contributed by atoms with Crippen molar-refractivity contribution in [1.82, 2.24) is 10.3 Å². The Morgan fingerprint density at radius 3 is 2.88 bits per heavy atom. The lowest BCUT2D eigenvalue weighted by atomic mass is 10.2. The second-order valence-electron chi connectivity index (χ2n) is 5.17. The molecule has 0 saturated carbocycles. The van der Waals surface area contributed by atoms with E-state index < -0.39 is 18.0 Å². The molecule has 2 heterocycles. The number of carbonyl (C=O) groups excluding carboxylic acids is 2. The number of aromatic nitrogens is 1. The van der Waals surface area contributed by atoms with Crippen molar-refractivity contribution >= 4 is 11.9 Å². The van der Waals surface area contributed by atoms with Crippen LogP contribution in [0, 0.1) is 0 Å². The van der Waals surface area contributed by atoms with Gasteiger partial charge in [-0.25, -0.2) is 9.78 Å². The van der Waals surface area contributed by atoms with Crippen LogP contribution in [0.5, 0.6) is 11.5 Å². The summed E-state index contributed by atoms with van der Waals surface area (Å²) in [5.41, 5.74) is 1.02. The summed E-state index contributed by atoms with van der Waals surface area (Å²) in [6.07, 6.45) is 0.564. The molecule has 1 atom stereocenters. The first kappa shape index (κ1) is 15.8. The van der Waals surface area contributed by atoms with E-state index in [1.807, 2.05) is 6.07 Å². The van der Waals surface area contributed by atoms with Crippen molar-refractivity contribution in [2.75, 3.05) is 6.79 Å². The van der Waals surface area contributed by atoms with Gasteiger partial charge in [-0.05, 0) is 36.8 Å². The van der Waals surface area contributed by atoms with Crippen LogP contribution in [0.2, 0.25) is 0 Å². The average molecular weight is 328 g/mol. The quantitative estimate of drug-likeness (QED) is 0.840. The summed E-state index contributed by atoms with van der Waals surface area (Å²) in [4.78, 5) is 27.8. The smallest absolute Gasteiger partial charge is 0.357 e. The molecule has 1 amide bonds. The number of hydrogen-bond donors (Lipinski definition) is 1. The van der Waals surface area contributed by atoms with Gasteiger partial charge in [-0.3, -0.25) is 4.79 Å². The first-order chi connectivity index (χ1) is 11.6. The summed E-state index contributed by atoms with van der Waals surface area (Å²) in [6.45, 7) is 2.00. The molecular weight excluding hydrogens is 312 g/mol. The summed E-state index contributed by atoms with van der Waals surface area (Å²) >= 11 is 0. The number of nitrogens with one attached hydrogen (secondary N) is 1. The highest BCUT2D eigenvalue weighted by Crippen LogP contribution is 2.32. The molecule has 0 saturated heterocycles. The summed E-state index contributed by atoms with van der Waals surface area (Å²) in [5, 5.41) is 2.71. The Hall–Kier alpha value is -3.09. The Morgan fingerprint density at radius 1 is 1.25 bits per heavy atom. The number of hydrogen-bond acceptors (Lipinski definition) is 6. The van der Waals surface area contributed by atoms with Crippen LogP contribution in [0.1, 0.15) is 23.0 Å². The molecule has 1 aromatic carbocycles. The molecule has 1 aliphatic rings. The zero-order valence-electron chi connectivity index (χ0n) is 13.0. The Morgan fingerprint density at radius 2 is 2.08 bits per heavy atom. The van der Waals surface area contributed by atoms with Gasteiger partial charge in [0.25, 0.3) is 5.91 Å². The Labute approximate surface area is 138 Å². The highest BCUT2D eigenvalue weighted by molar-refractivity contribution is 5.90. The van der Waals surface area contributed by atoms with Crippen LogP contribution in [-0.2, 0) is 16.1 Å². The van der Waals surface area contributed by atoms with Crippen molar-refractivity contribution in [1.29, 1.82) is 0 Å². The largest absolute Gasteiger partial charge is 0.454 e.